The van der Waals surface area contributed by atoms with E-state index >= 15 is 0 Å². The van der Waals surface area contributed by atoms with Crippen LogP contribution in [0.3, 0.4) is 0 Å². The lowest BCUT2D eigenvalue weighted by molar-refractivity contribution is -0.124. The minimum Gasteiger partial charge on any atom is -0.271 e. The van der Waals surface area contributed by atoms with Gasteiger partial charge in [0.2, 0.25) is 10.0 Å². The van der Waals surface area contributed by atoms with Crippen molar-refractivity contribution in [2.75, 3.05) is 6.54 Å². The van der Waals surface area contributed by atoms with Crippen molar-refractivity contribution in [3.05, 3.63) is 186 Å². The van der Waals surface area contributed by atoms with Gasteiger partial charge in [-0.3, -0.25) is 4.79 Å². The van der Waals surface area contributed by atoms with Crippen LogP contribution in [0.2, 0.25) is 0 Å². The van der Waals surface area contributed by atoms with Crippen molar-refractivity contribution >= 4 is 44.7 Å². The maximum Gasteiger partial charge on any atom is 0.258 e. The van der Waals surface area contributed by atoms with Gasteiger partial charge in [-0.2, -0.15) is 9.41 Å². The standard InChI is InChI=1S/C41H35N3O3S2/c45-40(43-42-29-31-15-5-1-6-16-31)39-28-37(30-44(39)49(46,47)38-26-25-32-17-13-14-18-33(32)27-38)48-41(34-19-7-2-8-20-34,35-21-9-3-10-22-35)36-23-11-4-12-24-36/h1-27,29,37,39H,28,30H2,(H,43,45)/t37-,39+/m1/s1. The topological polar surface area (TPSA) is 78.8 Å². The summed E-state index contributed by atoms with van der Waals surface area (Å²) in [6, 6.07) is 52.2. The van der Waals surface area contributed by atoms with Crippen LogP contribution >= 0.6 is 11.8 Å². The lowest BCUT2D eigenvalue weighted by Crippen LogP contribution is -2.44. The first-order valence-corrected chi connectivity index (χ1v) is 18.5. The molecule has 1 N–H and O–H groups in total. The zero-order chi connectivity index (χ0) is 33.7. The summed E-state index contributed by atoms with van der Waals surface area (Å²) in [7, 11) is -4.08. The van der Waals surface area contributed by atoms with E-state index in [9.17, 15) is 13.2 Å². The Morgan fingerprint density at radius 2 is 1.20 bits per heavy atom. The molecule has 1 aliphatic heterocycles. The van der Waals surface area contributed by atoms with E-state index < -0.39 is 26.7 Å². The fourth-order valence-corrected chi connectivity index (χ4v) is 10.2. The van der Waals surface area contributed by atoms with Gasteiger partial charge in [0.25, 0.3) is 5.91 Å². The van der Waals surface area contributed by atoms with Gasteiger partial charge in [0.1, 0.15) is 6.04 Å². The van der Waals surface area contributed by atoms with Crippen LogP contribution in [0.1, 0.15) is 28.7 Å². The van der Waals surface area contributed by atoms with Crippen molar-refractivity contribution in [2.24, 2.45) is 5.10 Å². The number of fused-ring (bicyclic) bond motifs is 1. The van der Waals surface area contributed by atoms with Crippen molar-refractivity contribution in [1.29, 1.82) is 0 Å². The van der Waals surface area contributed by atoms with Crippen LogP contribution in [0.4, 0.5) is 0 Å². The number of thioether (sulfide) groups is 1. The van der Waals surface area contributed by atoms with Crippen LogP contribution in [0.25, 0.3) is 10.8 Å². The molecule has 6 aromatic rings. The summed E-state index contributed by atoms with van der Waals surface area (Å²) >= 11 is 1.69. The van der Waals surface area contributed by atoms with Gasteiger partial charge in [0.05, 0.1) is 15.9 Å². The predicted molar refractivity (Wildman–Crippen MR) is 199 cm³/mol. The summed E-state index contributed by atoms with van der Waals surface area (Å²) in [5, 5.41) is 5.72. The number of hydrogen-bond donors (Lipinski definition) is 1. The molecule has 6 aromatic carbocycles. The summed E-state index contributed by atoms with van der Waals surface area (Å²) in [4.78, 5) is 14.1. The zero-order valence-electron chi connectivity index (χ0n) is 26.7. The number of carbonyl (C=O) groups is 1. The largest absolute Gasteiger partial charge is 0.271 e. The molecular formula is C41H35N3O3S2. The van der Waals surface area contributed by atoms with Gasteiger partial charge in [0, 0.05) is 11.8 Å². The van der Waals surface area contributed by atoms with E-state index in [1.54, 1.807) is 30.1 Å². The van der Waals surface area contributed by atoms with E-state index in [-0.39, 0.29) is 16.7 Å². The molecule has 0 aliphatic carbocycles. The molecule has 49 heavy (non-hydrogen) atoms. The average Bonchev–Trinajstić information content (AvgIpc) is 3.60. The Balaban J connectivity index is 1.29. The summed E-state index contributed by atoms with van der Waals surface area (Å²) in [5.41, 5.74) is 6.68. The molecule has 0 aromatic heterocycles. The second-order valence-electron chi connectivity index (χ2n) is 12.0. The first-order valence-electron chi connectivity index (χ1n) is 16.2. The fourth-order valence-electron chi connectivity index (χ4n) is 6.58. The molecular weight excluding hydrogens is 647 g/mol. The van der Waals surface area contributed by atoms with Crippen molar-refractivity contribution in [3.63, 3.8) is 0 Å². The monoisotopic (exact) mass is 681 g/mol. The zero-order valence-corrected chi connectivity index (χ0v) is 28.3. The smallest absolute Gasteiger partial charge is 0.258 e. The molecule has 244 valence electrons. The Morgan fingerprint density at radius 3 is 1.78 bits per heavy atom. The number of sulfonamides is 1. The minimum atomic E-state index is -4.08. The number of nitrogens with one attached hydrogen (secondary N) is 1. The molecule has 0 spiro atoms. The van der Waals surface area contributed by atoms with Crippen LogP contribution in [0.15, 0.2) is 174 Å². The molecule has 1 saturated heterocycles. The maximum atomic E-state index is 14.5. The highest BCUT2D eigenvalue weighted by Crippen LogP contribution is 2.52. The van der Waals surface area contributed by atoms with Crippen molar-refractivity contribution in [3.8, 4) is 0 Å². The Kier molecular flexibility index (Phi) is 9.44. The molecule has 1 fully saturated rings. The second kappa shape index (κ2) is 14.2. The van der Waals surface area contributed by atoms with Crippen LogP contribution < -0.4 is 5.43 Å². The highest BCUT2D eigenvalue weighted by atomic mass is 32.2. The first-order chi connectivity index (χ1) is 23.9. The second-order valence-corrected chi connectivity index (χ2v) is 15.4. The summed E-state index contributed by atoms with van der Waals surface area (Å²) in [6.07, 6.45) is 1.87. The highest BCUT2D eigenvalue weighted by molar-refractivity contribution is 8.01. The summed E-state index contributed by atoms with van der Waals surface area (Å²) in [5.74, 6) is -0.468. The van der Waals surface area contributed by atoms with E-state index in [0.29, 0.717) is 6.42 Å². The molecule has 6 nitrogen and oxygen atoms in total. The van der Waals surface area contributed by atoms with E-state index in [1.807, 2.05) is 115 Å². The minimum absolute atomic E-state index is 0.147. The van der Waals surface area contributed by atoms with Gasteiger partial charge >= 0.3 is 0 Å². The lowest BCUT2D eigenvalue weighted by Gasteiger charge is -2.37. The number of rotatable bonds is 10. The van der Waals surface area contributed by atoms with Crippen molar-refractivity contribution < 1.29 is 13.2 Å². The number of hydrazone groups is 1. The van der Waals surface area contributed by atoms with Gasteiger partial charge in [-0.15, -0.1) is 11.8 Å². The molecule has 1 amide bonds. The number of hydrogen-bond acceptors (Lipinski definition) is 5. The SMILES string of the molecule is O=C(NN=Cc1ccccc1)[C@@H]1C[C@@H](SC(c2ccccc2)(c2ccccc2)c2ccccc2)CN1S(=O)(=O)c1ccc2ccccc2c1. The van der Waals surface area contributed by atoms with Gasteiger partial charge in [0.15, 0.2) is 0 Å². The Labute approximate surface area is 291 Å². The number of nitrogens with zero attached hydrogens (tertiary/aromatic N) is 2. The molecule has 7 rings (SSSR count). The summed E-state index contributed by atoms with van der Waals surface area (Å²) < 4.78 is 29.7. The Morgan fingerprint density at radius 1 is 0.694 bits per heavy atom. The fraction of sp³-hybridized carbons (Fsp3) is 0.122. The highest BCUT2D eigenvalue weighted by Gasteiger charge is 2.48. The molecule has 0 radical (unpaired) electrons. The van der Waals surface area contributed by atoms with E-state index in [2.05, 4.69) is 46.9 Å². The van der Waals surface area contributed by atoms with E-state index in [0.717, 1.165) is 33.0 Å². The van der Waals surface area contributed by atoms with Crippen molar-refractivity contribution in [1.82, 2.24) is 9.73 Å². The number of carbonyl (C=O) groups excluding carboxylic acids is 1. The molecule has 1 heterocycles. The Bertz CT molecular complexity index is 2080. The number of benzene rings is 6. The third-order valence-electron chi connectivity index (χ3n) is 8.92. The van der Waals surface area contributed by atoms with Crippen molar-refractivity contribution in [2.45, 2.75) is 27.4 Å². The maximum absolute atomic E-state index is 14.5. The average molecular weight is 682 g/mol. The van der Waals surface area contributed by atoms with E-state index in [4.69, 9.17) is 0 Å². The first kappa shape index (κ1) is 32.5. The third kappa shape index (κ3) is 6.68. The van der Waals surface area contributed by atoms with Crippen LogP contribution in [0, 0.1) is 0 Å². The van der Waals surface area contributed by atoms with Crippen LogP contribution in [-0.4, -0.2) is 42.7 Å². The van der Waals surface area contributed by atoms with Crippen LogP contribution in [0.5, 0.6) is 0 Å². The van der Waals surface area contributed by atoms with Crippen LogP contribution in [-0.2, 0) is 19.6 Å². The molecule has 0 unspecified atom stereocenters. The normalized spacial score (nSPS) is 17.0. The lowest BCUT2D eigenvalue weighted by atomic mass is 9.84. The van der Waals surface area contributed by atoms with Gasteiger partial charge in [-0.1, -0.05) is 152 Å². The molecule has 0 saturated carbocycles. The predicted octanol–water partition coefficient (Wildman–Crippen LogP) is 7.85. The van der Waals surface area contributed by atoms with Gasteiger partial charge in [-0.25, -0.2) is 13.8 Å². The third-order valence-corrected chi connectivity index (χ3v) is 12.5. The molecule has 2 atom stereocenters. The molecule has 0 bridgehead atoms. The van der Waals surface area contributed by atoms with E-state index in [1.165, 1.54) is 4.31 Å². The van der Waals surface area contributed by atoms with Gasteiger partial charge in [-0.05, 0) is 51.6 Å². The summed E-state index contributed by atoms with van der Waals surface area (Å²) in [6.45, 7) is 0.147. The molecule has 1 aliphatic rings. The number of amides is 1. The molecule has 8 heteroatoms. The quantitative estimate of drug-likeness (QED) is 0.0908. The Hall–Kier alpha value is -5.02. The van der Waals surface area contributed by atoms with Gasteiger partial charge < -0.3 is 0 Å².